The van der Waals surface area contributed by atoms with E-state index in [0.29, 0.717) is 16.5 Å². The van der Waals surface area contributed by atoms with E-state index in [4.69, 9.17) is 32.0 Å². The predicted octanol–water partition coefficient (Wildman–Crippen LogP) is -1.00. The van der Waals surface area contributed by atoms with Gasteiger partial charge in [0.15, 0.2) is 10.8 Å². The van der Waals surface area contributed by atoms with Gasteiger partial charge in [0.25, 0.3) is 11.8 Å². The van der Waals surface area contributed by atoms with Crippen LogP contribution in [0.5, 0.6) is 0 Å². The lowest BCUT2D eigenvalue weighted by Crippen LogP contribution is -2.71. The third-order valence-electron chi connectivity index (χ3n) is 7.46. The molecule has 2 aromatic heterocycles. The van der Waals surface area contributed by atoms with Gasteiger partial charge < -0.3 is 41.7 Å². The van der Waals surface area contributed by atoms with Crippen molar-refractivity contribution in [2.24, 2.45) is 5.16 Å². The van der Waals surface area contributed by atoms with Crippen LogP contribution in [0.4, 0.5) is 24.1 Å². The minimum absolute atomic E-state index is 0.0186. The van der Waals surface area contributed by atoms with Gasteiger partial charge in [0.2, 0.25) is 11.4 Å². The molecule has 2 aromatic rings. The highest BCUT2D eigenvalue weighted by atomic mass is 32.2. The second-order valence-corrected chi connectivity index (χ2v) is 14.3. The fraction of sp³-hybridized carbons (Fsp3) is 0.444. The molecule has 2 aliphatic heterocycles. The van der Waals surface area contributed by atoms with Gasteiger partial charge in [-0.25, -0.2) is 14.6 Å². The largest absolute Gasteiger partial charge is 0.542 e. The maximum Gasteiger partial charge on any atom is 0.430 e. The molecular formula is C27H30F3N9O9S3. The number of carboxylic acid groups (broad SMARTS) is 3. The first-order chi connectivity index (χ1) is 23.7. The van der Waals surface area contributed by atoms with Crippen LogP contribution in [0, 0.1) is 0 Å². The quantitative estimate of drug-likeness (QED) is 0.0321. The lowest BCUT2D eigenvalue weighted by Gasteiger charge is -2.49. The number of anilines is 2. The van der Waals surface area contributed by atoms with Crippen LogP contribution in [0.2, 0.25) is 0 Å². The fourth-order valence-corrected chi connectivity index (χ4v) is 7.81. The summed E-state index contributed by atoms with van der Waals surface area (Å²) >= 11 is 3.54. The van der Waals surface area contributed by atoms with E-state index in [1.165, 1.54) is 47.4 Å². The van der Waals surface area contributed by atoms with E-state index < -0.39 is 58.6 Å². The average Bonchev–Trinajstić information content (AvgIpc) is 3.49. The number of nitrogens with one attached hydrogen (secondary N) is 1. The zero-order valence-electron chi connectivity index (χ0n) is 26.6. The number of carbonyl (C=O) groups excluding carboxylic acids is 3. The Bertz CT molecular complexity index is 1840. The van der Waals surface area contributed by atoms with Crippen molar-refractivity contribution >= 4 is 81.2 Å². The van der Waals surface area contributed by atoms with Gasteiger partial charge in [0.1, 0.15) is 34.5 Å². The number of hydrogen-bond acceptors (Lipinski definition) is 16. The number of oxime groups is 1. The van der Waals surface area contributed by atoms with Crippen LogP contribution in [0.25, 0.3) is 0 Å². The van der Waals surface area contributed by atoms with Crippen LogP contribution in [0.1, 0.15) is 43.6 Å². The van der Waals surface area contributed by atoms with E-state index in [1.54, 1.807) is 0 Å². The zero-order chi connectivity index (χ0) is 38.0. The van der Waals surface area contributed by atoms with Crippen LogP contribution < -0.4 is 32.4 Å². The molecule has 18 nitrogen and oxygen atoms in total. The zero-order valence-corrected chi connectivity index (χ0v) is 29.0. The van der Waals surface area contributed by atoms with Crippen molar-refractivity contribution in [3.8, 4) is 0 Å². The number of hydrogen-bond donors (Lipinski definition) is 6. The second kappa shape index (κ2) is 15.2. The number of fused-ring (bicyclic) bond motifs is 2. The standard InChI is InChI=1S/C25H29N9O7S3.C2HF3O2/c1-25(2,22(39)40)41-32-14(12-9-43-23(27)29-12)18(35)30-15-19(36)33-16(21(37)38)10(7-42-20(15)33)8-44-24-31-17(26)11-5-3-4-6-13(11)34(24)28;3-2(4,5)1(6)7/h9,15,20,26H,3-8,28H2,1-2H3,(H5,27,29,30,35,37,38,39,40);(H,6,7)/b32-14-;. The van der Waals surface area contributed by atoms with Crippen LogP contribution in [-0.4, -0.2) is 95.2 Å². The van der Waals surface area contributed by atoms with Crippen LogP contribution in [0.3, 0.4) is 0 Å². The summed E-state index contributed by atoms with van der Waals surface area (Å²) in [7, 11) is 0. The maximum atomic E-state index is 13.3. The number of aliphatic carboxylic acids is 3. The molecule has 1 saturated heterocycles. The van der Waals surface area contributed by atoms with E-state index in [2.05, 4.69) is 20.4 Å². The lowest BCUT2D eigenvalue weighted by atomic mass is 9.96. The number of alkyl halides is 3. The third kappa shape index (κ3) is 8.56. The van der Waals surface area contributed by atoms with Crippen molar-refractivity contribution < 1.29 is 62.0 Å². The molecule has 2 unspecified atom stereocenters. The number of carbonyl (C=O) groups is 5. The Morgan fingerprint density at radius 1 is 1.20 bits per heavy atom. The molecule has 276 valence electrons. The van der Waals surface area contributed by atoms with Crippen molar-refractivity contribution in [1.29, 1.82) is 0 Å². The smallest absolute Gasteiger partial charge is 0.430 e. The fourth-order valence-electron chi connectivity index (χ4n) is 4.83. The highest BCUT2D eigenvalue weighted by molar-refractivity contribution is 8.01. The monoisotopic (exact) mass is 777 g/mol. The number of carboxylic acids is 3. The Morgan fingerprint density at radius 3 is 2.41 bits per heavy atom. The van der Waals surface area contributed by atoms with Gasteiger partial charge in [-0.15, -0.1) is 27.8 Å². The predicted molar refractivity (Wildman–Crippen MR) is 173 cm³/mol. The van der Waals surface area contributed by atoms with Crippen molar-refractivity contribution in [3.63, 3.8) is 0 Å². The lowest BCUT2D eigenvalue weighted by molar-refractivity contribution is -0.690. The summed E-state index contributed by atoms with van der Waals surface area (Å²) in [6, 6.07) is -1.09. The average molecular weight is 778 g/mol. The molecule has 5 rings (SSSR count). The summed E-state index contributed by atoms with van der Waals surface area (Å²) in [6.45, 7) is 2.49. The topological polar surface area (TPSA) is 293 Å². The SMILES string of the molecule is CC(C)(O/N=C(\C(=O)NC1C(=O)N2C(C(=O)O)=C(CSc3nc(N)c4c([n+]3N)CCCC4)CSC12)c1csc(N)n1)C(=O)O.O=C([O-])C(F)(F)F. The molecule has 2 atom stereocenters. The molecule has 0 spiro atoms. The molecule has 2 amide bonds. The number of thiazole rings is 1. The third-order valence-corrected chi connectivity index (χ3v) is 10.5. The van der Waals surface area contributed by atoms with Gasteiger partial charge >= 0.3 is 23.3 Å². The van der Waals surface area contributed by atoms with E-state index in [1.807, 2.05) is 0 Å². The summed E-state index contributed by atoms with van der Waals surface area (Å²) in [5.41, 5.74) is 11.9. The number of nitrogen functional groups attached to an aromatic ring is 3. The minimum atomic E-state index is -5.19. The van der Waals surface area contributed by atoms with Crippen LogP contribution in [-0.2, 0) is 41.7 Å². The molecule has 24 heteroatoms. The molecule has 3 aliphatic rings. The number of β-lactam (4-membered cyclic amide) rings is 1. The molecule has 0 bridgehead atoms. The number of aromatic nitrogens is 3. The molecule has 0 radical (unpaired) electrons. The molecule has 4 heterocycles. The minimum Gasteiger partial charge on any atom is -0.542 e. The van der Waals surface area contributed by atoms with E-state index in [0.717, 1.165) is 53.2 Å². The normalized spacial score (nSPS) is 18.8. The van der Waals surface area contributed by atoms with Crippen molar-refractivity contribution in [2.75, 3.05) is 28.8 Å². The molecule has 51 heavy (non-hydrogen) atoms. The summed E-state index contributed by atoms with van der Waals surface area (Å²) in [5.74, 6) is 0.0811. The Hall–Kier alpha value is -4.84. The Kier molecular flexibility index (Phi) is 11.6. The molecule has 1 aliphatic carbocycles. The van der Waals surface area contributed by atoms with E-state index in [-0.39, 0.29) is 28.0 Å². The van der Waals surface area contributed by atoms with Crippen LogP contribution >= 0.6 is 34.9 Å². The summed E-state index contributed by atoms with van der Waals surface area (Å²) in [5, 5.41) is 35.8. The number of amides is 2. The first-order valence-corrected chi connectivity index (χ1v) is 17.5. The van der Waals surface area contributed by atoms with E-state index >= 15 is 0 Å². The van der Waals surface area contributed by atoms with Gasteiger partial charge in [-0.2, -0.15) is 13.2 Å². The first kappa shape index (κ1) is 39.0. The number of thioether (sulfide) groups is 2. The first-order valence-electron chi connectivity index (χ1n) is 14.6. The molecule has 1 fully saturated rings. The molecule has 0 aromatic carbocycles. The molecular weight excluding hydrogens is 748 g/mol. The molecule has 9 N–H and O–H groups in total. The second-order valence-electron chi connectivity index (χ2n) is 11.4. The summed E-state index contributed by atoms with van der Waals surface area (Å²) < 4.78 is 33.1. The van der Waals surface area contributed by atoms with Gasteiger partial charge in [-0.05, 0) is 55.4 Å². The van der Waals surface area contributed by atoms with E-state index in [9.17, 15) is 42.6 Å². The van der Waals surface area contributed by atoms with Gasteiger partial charge in [0.05, 0.1) is 5.56 Å². The summed E-state index contributed by atoms with van der Waals surface area (Å²) in [6.07, 6.45) is -1.63. The van der Waals surface area contributed by atoms with Gasteiger partial charge in [-0.3, -0.25) is 20.3 Å². The number of halogens is 3. The number of nitrogens with two attached hydrogens (primary N) is 3. The molecule has 0 saturated carbocycles. The highest BCUT2D eigenvalue weighted by Crippen LogP contribution is 2.41. The number of nitrogens with zero attached hydrogens (tertiary/aromatic N) is 5. The van der Waals surface area contributed by atoms with Gasteiger partial charge in [0, 0.05) is 23.3 Å². The Balaban J connectivity index is 0.000000755. The highest BCUT2D eigenvalue weighted by Gasteiger charge is 2.54. The Morgan fingerprint density at radius 2 is 1.84 bits per heavy atom. The van der Waals surface area contributed by atoms with Crippen LogP contribution in [0.15, 0.2) is 27.0 Å². The van der Waals surface area contributed by atoms with Crippen molar-refractivity contribution in [1.82, 2.24) is 20.2 Å². The Labute approximate surface area is 298 Å². The van der Waals surface area contributed by atoms with Gasteiger partial charge in [-0.1, -0.05) is 5.16 Å². The number of rotatable bonds is 10. The summed E-state index contributed by atoms with van der Waals surface area (Å²) in [4.78, 5) is 73.8. The maximum absolute atomic E-state index is 13.3. The van der Waals surface area contributed by atoms with Crippen molar-refractivity contribution in [3.05, 3.63) is 33.6 Å². The van der Waals surface area contributed by atoms with Crippen molar-refractivity contribution in [2.45, 2.75) is 67.9 Å².